The van der Waals surface area contributed by atoms with E-state index in [0.29, 0.717) is 11.3 Å². The molecule has 19 heavy (non-hydrogen) atoms. The molecule has 2 rings (SSSR count). The van der Waals surface area contributed by atoms with E-state index >= 15 is 0 Å². The Bertz CT molecular complexity index is 680. The van der Waals surface area contributed by atoms with Gasteiger partial charge >= 0.3 is 0 Å². The molecule has 0 aliphatic carbocycles. The number of benzene rings is 2. The lowest BCUT2D eigenvalue weighted by atomic mass is 10.2. The van der Waals surface area contributed by atoms with Crippen LogP contribution in [0.1, 0.15) is 5.56 Å². The van der Waals surface area contributed by atoms with Crippen LogP contribution in [0.2, 0.25) is 5.02 Å². The summed E-state index contributed by atoms with van der Waals surface area (Å²) in [5.74, 6) is 0. The van der Waals surface area contributed by atoms with Gasteiger partial charge < -0.3 is 5.32 Å². The van der Waals surface area contributed by atoms with Crippen LogP contribution in [-0.2, 0) is 0 Å². The number of nitrogens with zero attached hydrogens (tertiary/aromatic N) is 2. The molecule has 0 unspecified atom stereocenters. The van der Waals surface area contributed by atoms with Crippen molar-refractivity contribution < 1.29 is 4.92 Å². The molecule has 5 nitrogen and oxygen atoms in total. The summed E-state index contributed by atoms with van der Waals surface area (Å²) in [6, 6.07) is 13.1. The molecular weight excluding hydrogens is 266 g/mol. The maximum Gasteiger partial charge on any atom is 0.294 e. The standard InChI is InChI=1S/C13H8ClN3O2/c14-10-5-6-12(13(7-10)17(18)19)16-11-4-2-1-3-9(11)8-15/h1-7,16H. The minimum atomic E-state index is -0.525. The molecule has 0 spiro atoms. The third-order valence-corrected chi connectivity index (χ3v) is 2.71. The van der Waals surface area contributed by atoms with Gasteiger partial charge in [0.1, 0.15) is 11.8 Å². The van der Waals surface area contributed by atoms with Crippen molar-refractivity contribution in [2.24, 2.45) is 0 Å². The predicted molar refractivity (Wildman–Crippen MR) is 72.5 cm³/mol. The van der Waals surface area contributed by atoms with Crippen LogP contribution in [-0.4, -0.2) is 4.92 Å². The summed E-state index contributed by atoms with van der Waals surface area (Å²) in [4.78, 5) is 10.4. The zero-order valence-electron chi connectivity index (χ0n) is 9.63. The van der Waals surface area contributed by atoms with Gasteiger partial charge in [-0.3, -0.25) is 10.1 Å². The van der Waals surface area contributed by atoms with E-state index in [9.17, 15) is 10.1 Å². The van der Waals surface area contributed by atoms with Crippen molar-refractivity contribution in [3.05, 3.63) is 63.2 Å². The van der Waals surface area contributed by atoms with E-state index in [1.54, 1.807) is 30.3 Å². The molecule has 0 aliphatic rings. The number of hydrogen-bond acceptors (Lipinski definition) is 4. The molecule has 0 saturated heterocycles. The number of nitrogens with one attached hydrogen (secondary N) is 1. The van der Waals surface area contributed by atoms with Crippen LogP contribution < -0.4 is 5.32 Å². The quantitative estimate of drug-likeness (QED) is 0.680. The van der Waals surface area contributed by atoms with E-state index < -0.39 is 4.92 Å². The molecule has 0 radical (unpaired) electrons. The first-order valence-electron chi connectivity index (χ1n) is 5.32. The number of nitro benzene ring substituents is 1. The van der Waals surface area contributed by atoms with E-state index in [-0.39, 0.29) is 16.4 Å². The van der Waals surface area contributed by atoms with Gasteiger partial charge in [0, 0.05) is 11.1 Å². The van der Waals surface area contributed by atoms with Crippen LogP contribution in [0.25, 0.3) is 0 Å². The SMILES string of the molecule is N#Cc1ccccc1Nc1ccc(Cl)cc1[N+](=O)[O-]. The molecule has 2 aromatic carbocycles. The molecule has 0 aliphatic heterocycles. The Labute approximate surface area is 114 Å². The Morgan fingerprint density at radius 2 is 1.95 bits per heavy atom. The van der Waals surface area contributed by atoms with Crippen molar-refractivity contribution in [1.29, 1.82) is 5.26 Å². The lowest BCUT2D eigenvalue weighted by Crippen LogP contribution is -1.98. The summed E-state index contributed by atoms with van der Waals surface area (Å²) in [7, 11) is 0. The van der Waals surface area contributed by atoms with Crippen molar-refractivity contribution >= 4 is 28.7 Å². The molecular formula is C13H8ClN3O2. The Morgan fingerprint density at radius 3 is 2.63 bits per heavy atom. The molecule has 1 N–H and O–H groups in total. The summed E-state index contributed by atoms with van der Waals surface area (Å²) in [5.41, 5.74) is 1.07. The van der Waals surface area contributed by atoms with Crippen LogP contribution in [0.15, 0.2) is 42.5 Å². The Morgan fingerprint density at radius 1 is 1.21 bits per heavy atom. The molecule has 0 saturated carbocycles. The molecule has 0 aromatic heterocycles. The van der Waals surface area contributed by atoms with Gasteiger partial charge in [-0.15, -0.1) is 0 Å². The molecule has 0 heterocycles. The first-order chi connectivity index (χ1) is 9.11. The second-order valence-electron chi connectivity index (χ2n) is 3.70. The van der Waals surface area contributed by atoms with Gasteiger partial charge in [-0.1, -0.05) is 23.7 Å². The first kappa shape index (κ1) is 12.9. The Hall–Kier alpha value is -2.58. The van der Waals surface area contributed by atoms with E-state index in [0.717, 1.165) is 0 Å². The second-order valence-corrected chi connectivity index (χ2v) is 4.14. The average molecular weight is 274 g/mol. The third-order valence-electron chi connectivity index (χ3n) is 2.47. The monoisotopic (exact) mass is 273 g/mol. The second kappa shape index (κ2) is 5.38. The van der Waals surface area contributed by atoms with Crippen molar-refractivity contribution in [2.75, 3.05) is 5.32 Å². The summed E-state index contributed by atoms with van der Waals surface area (Å²) >= 11 is 5.74. The lowest BCUT2D eigenvalue weighted by molar-refractivity contribution is -0.383. The summed E-state index contributed by atoms with van der Waals surface area (Å²) in [6.45, 7) is 0. The summed E-state index contributed by atoms with van der Waals surface area (Å²) in [5, 5.41) is 23.1. The summed E-state index contributed by atoms with van der Waals surface area (Å²) < 4.78 is 0. The van der Waals surface area contributed by atoms with Crippen molar-refractivity contribution in [2.45, 2.75) is 0 Å². The van der Waals surface area contributed by atoms with Crippen molar-refractivity contribution in [1.82, 2.24) is 0 Å². The van der Waals surface area contributed by atoms with Gasteiger partial charge in [-0.2, -0.15) is 5.26 Å². The fourth-order valence-corrected chi connectivity index (χ4v) is 1.76. The average Bonchev–Trinajstić information content (AvgIpc) is 2.41. The number of hydrogen-bond donors (Lipinski definition) is 1. The van der Waals surface area contributed by atoms with Gasteiger partial charge in [-0.25, -0.2) is 0 Å². The Kier molecular flexibility index (Phi) is 3.64. The molecule has 94 valence electrons. The number of para-hydroxylation sites is 1. The van der Waals surface area contributed by atoms with E-state index in [2.05, 4.69) is 5.32 Å². The highest BCUT2D eigenvalue weighted by atomic mass is 35.5. The van der Waals surface area contributed by atoms with Crippen LogP contribution in [0.5, 0.6) is 0 Å². The highest BCUT2D eigenvalue weighted by Crippen LogP contribution is 2.31. The molecule has 2 aromatic rings. The van der Waals surface area contributed by atoms with Gasteiger partial charge in [0.15, 0.2) is 0 Å². The van der Waals surface area contributed by atoms with Crippen LogP contribution >= 0.6 is 11.6 Å². The fraction of sp³-hybridized carbons (Fsp3) is 0. The normalized spacial score (nSPS) is 9.68. The number of nitro groups is 1. The molecule has 0 fully saturated rings. The van der Waals surface area contributed by atoms with Crippen LogP contribution in [0, 0.1) is 21.4 Å². The molecule has 0 bridgehead atoms. The maximum absolute atomic E-state index is 11.0. The number of anilines is 2. The van der Waals surface area contributed by atoms with E-state index in [1.807, 2.05) is 6.07 Å². The van der Waals surface area contributed by atoms with Gasteiger partial charge in [0.25, 0.3) is 5.69 Å². The minimum Gasteiger partial charge on any atom is -0.349 e. The smallest absolute Gasteiger partial charge is 0.294 e. The van der Waals surface area contributed by atoms with E-state index in [4.69, 9.17) is 16.9 Å². The highest BCUT2D eigenvalue weighted by Gasteiger charge is 2.15. The summed E-state index contributed by atoms with van der Waals surface area (Å²) in [6.07, 6.45) is 0. The number of halogens is 1. The van der Waals surface area contributed by atoms with Gasteiger partial charge in [-0.05, 0) is 24.3 Å². The van der Waals surface area contributed by atoms with Crippen LogP contribution in [0.3, 0.4) is 0 Å². The topological polar surface area (TPSA) is 79.0 Å². The van der Waals surface area contributed by atoms with Crippen LogP contribution in [0.4, 0.5) is 17.1 Å². The molecule has 0 amide bonds. The number of rotatable bonds is 3. The molecule has 0 atom stereocenters. The first-order valence-corrected chi connectivity index (χ1v) is 5.69. The van der Waals surface area contributed by atoms with Gasteiger partial charge in [0.2, 0.25) is 0 Å². The van der Waals surface area contributed by atoms with Crippen molar-refractivity contribution in [3.63, 3.8) is 0 Å². The van der Waals surface area contributed by atoms with E-state index in [1.165, 1.54) is 12.1 Å². The Balaban J connectivity index is 2.44. The van der Waals surface area contributed by atoms with Gasteiger partial charge in [0.05, 0.1) is 16.2 Å². The minimum absolute atomic E-state index is 0.139. The third kappa shape index (κ3) is 2.81. The number of nitriles is 1. The zero-order chi connectivity index (χ0) is 13.8. The largest absolute Gasteiger partial charge is 0.349 e. The zero-order valence-corrected chi connectivity index (χ0v) is 10.4. The van der Waals surface area contributed by atoms with Crippen molar-refractivity contribution in [3.8, 4) is 6.07 Å². The maximum atomic E-state index is 11.0. The fourth-order valence-electron chi connectivity index (χ4n) is 1.60. The lowest BCUT2D eigenvalue weighted by Gasteiger charge is -2.08. The predicted octanol–water partition coefficient (Wildman–Crippen LogP) is 3.86. The molecule has 6 heteroatoms. The highest BCUT2D eigenvalue weighted by molar-refractivity contribution is 6.30.